The zero-order valence-electron chi connectivity index (χ0n) is 18.1. The number of alkyl halides is 11. The number of aliphatic hydroxyl groups is 1. The summed E-state index contributed by atoms with van der Waals surface area (Å²) in [5, 5.41) is 8.65. The minimum Gasteiger partial charge on any atom is -0.390 e. The van der Waals surface area contributed by atoms with Crippen molar-refractivity contribution in [2.24, 2.45) is 5.92 Å². The molecule has 0 bridgehead atoms. The summed E-state index contributed by atoms with van der Waals surface area (Å²) in [6, 6.07) is 0. The van der Waals surface area contributed by atoms with E-state index in [1.165, 1.54) is 0 Å². The molecule has 1 atom stereocenters. The summed E-state index contributed by atoms with van der Waals surface area (Å²) in [5.74, 6) is -12.6. The van der Waals surface area contributed by atoms with Crippen LogP contribution >= 0.6 is 0 Å². The quantitative estimate of drug-likeness (QED) is 0.354. The Bertz CT molecular complexity index is 643. The van der Waals surface area contributed by atoms with E-state index in [0.717, 1.165) is 0 Å². The lowest BCUT2D eigenvalue weighted by Gasteiger charge is -2.45. The van der Waals surface area contributed by atoms with Gasteiger partial charge in [-0.05, 0) is 41.5 Å². The van der Waals surface area contributed by atoms with Crippen LogP contribution in [0.2, 0.25) is 0 Å². The maximum atomic E-state index is 14.5. The lowest BCUT2D eigenvalue weighted by atomic mass is 9.89. The molecule has 0 heterocycles. The number of halogens is 11. The van der Waals surface area contributed by atoms with Crippen molar-refractivity contribution in [1.82, 2.24) is 0 Å². The van der Waals surface area contributed by atoms with E-state index in [4.69, 9.17) is 5.11 Å². The molecule has 15 heteroatoms. The Morgan fingerprint density at radius 1 is 0.656 bits per heavy atom. The standard InChI is InChI=1S/C17H25F11O4/c1-9(14(20,21)31-11(4,5)13(18,19)8-29)10(2,3)30-16(24,25)15(22,23)12(6,7)32-17(26,27)28/h9,29H,8H2,1-7H3. The molecule has 4 nitrogen and oxygen atoms in total. The smallest absolute Gasteiger partial charge is 0.390 e. The molecule has 0 aromatic heterocycles. The van der Waals surface area contributed by atoms with E-state index in [-0.39, 0.29) is 13.8 Å². The summed E-state index contributed by atoms with van der Waals surface area (Å²) in [6.07, 6.45) is -16.3. The molecule has 0 spiro atoms. The molecule has 0 rings (SSSR count). The van der Waals surface area contributed by atoms with Crippen LogP contribution in [-0.4, -0.2) is 58.9 Å². The number of hydrogen-bond acceptors (Lipinski definition) is 4. The highest BCUT2D eigenvalue weighted by Gasteiger charge is 2.71. The topological polar surface area (TPSA) is 47.9 Å². The van der Waals surface area contributed by atoms with Crippen molar-refractivity contribution in [1.29, 1.82) is 0 Å². The molecule has 0 fully saturated rings. The fraction of sp³-hybridized carbons (Fsp3) is 1.00. The van der Waals surface area contributed by atoms with Crippen molar-refractivity contribution in [2.45, 2.75) is 95.7 Å². The zero-order valence-corrected chi connectivity index (χ0v) is 18.1. The molecule has 194 valence electrons. The van der Waals surface area contributed by atoms with Crippen LogP contribution in [0.4, 0.5) is 48.3 Å². The van der Waals surface area contributed by atoms with Gasteiger partial charge in [-0.25, -0.2) is 8.78 Å². The van der Waals surface area contributed by atoms with Crippen LogP contribution in [-0.2, 0) is 14.2 Å². The highest BCUT2D eigenvalue weighted by molar-refractivity contribution is 4.97. The van der Waals surface area contributed by atoms with Gasteiger partial charge in [0.25, 0.3) is 5.92 Å². The minimum atomic E-state index is -5.79. The van der Waals surface area contributed by atoms with Gasteiger partial charge in [0, 0.05) is 0 Å². The Morgan fingerprint density at radius 3 is 1.41 bits per heavy atom. The molecular weight excluding hydrogens is 477 g/mol. The summed E-state index contributed by atoms with van der Waals surface area (Å²) in [4.78, 5) is 0. The van der Waals surface area contributed by atoms with E-state index in [1.54, 1.807) is 0 Å². The first-order valence-electron chi connectivity index (χ1n) is 8.88. The number of ether oxygens (including phenoxy) is 3. The van der Waals surface area contributed by atoms with Crippen LogP contribution in [0.5, 0.6) is 0 Å². The van der Waals surface area contributed by atoms with Crippen molar-refractivity contribution in [3.63, 3.8) is 0 Å². The molecule has 0 aliphatic carbocycles. The van der Waals surface area contributed by atoms with Crippen molar-refractivity contribution in [3.05, 3.63) is 0 Å². The summed E-state index contributed by atoms with van der Waals surface area (Å²) in [6.45, 7) is 0.300. The van der Waals surface area contributed by atoms with Gasteiger partial charge >= 0.3 is 24.5 Å². The summed E-state index contributed by atoms with van der Waals surface area (Å²) in [5.41, 5.74) is -9.93. The van der Waals surface area contributed by atoms with Gasteiger partial charge in [0.2, 0.25) is 0 Å². The van der Waals surface area contributed by atoms with E-state index in [0.29, 0.717) is 34.6 Å². The van der Waals surface area contributed by atoms with Crippen LogP contribution in [0.3, 0.4) is 0 Å². The molecule has 32 heavy (non-hydrogen) atoms. The Labute approximate surface area is 177 Å². The van der Waals surface area contributed by atoms with Crippen molar-refractivity contribution >= 4 is 0 Å². The molecule has 0 saturated carbocycles. The van der Waals surface area contributed by atoms with Crippen LogP contribution in [0.25, 0.3) is 0 Å². The molecule has 0 saturated heterocycles. The van der Waals surface area contributed by atoms with Crippen LogP contribution < -0.4 is 0 Å². The van der Waals surface area contributed by atoms with E-state index >= 15 is 0 Å². The van der Waals surface area contributed by atoms with Gasteiger partial charge in [0.1, 0.15) is 17.8 Å². The largest absolute Gasteiger partial charge is 0.523 e. The van der Waals surface area contributed by atoms with Gasteiger partial charge in [0.15, 0.2) is 0 Å². The maximum Gasteiger partial charge on any atom is 0.523 e. The third kappa shape index (κ3) is 6.56. The molecule has 0 aromatic rings. The van der Waals surface area contributed by atoms with Crippen LogP contribution in [0.1, 0.15) is 48.5 Å². The Morgan fingerprint density at radius 2 is 1.06 bits per heavy atom. The van der Waals surface area contributed by atoms with E-state index < -0.39 is 59.8 Å². The van der Waals surface area contributed by atoms with E-state index in [2.05, 4.69) is 14.2 Å². The molecule has 0 aliphatic heterocycles. The monoisotopic (exact) mass is 502 g/mol. The van der Waals surface area contributed by atoms with E-state index in [9.17, 15) is 48.3 Å². The van der Waals surface area contributed by atoms with Crippen molar-refractivity contribution < 1.29 is 67.6 Å². The van der Waals surface area contributed by atoms with Crippen molar-refractivity contribution in [3.8, 4) is 0 Å². The van der Waals surface area contributed by atoms with Crippen LogP contribution in [0, 0.1) is 5.92 Å². The Hall–Kier alpha value is -0.930. The minimum absolute atomic E-state index is 0.0224. The Kier molecular flexibility index (Phi) is 8.44. The highest BCUT2D eigenvalue weighted by Crippen LogP contribution is 2.51. The second-order valence-electron chi connectivity index (χ2n) is 8.61. The summed E-state index contributed by atoms with van der Waals surface area (Å²) in [7, 11) is 0. The van der Waals surface area contributed by atoms with Gasteiger partial charge in [-0.15, -0.1) is 13.2 Å². The Balaban J connectivity index is 5.92. The first-order chi connectivity index (χ1) is 13.6. The van der Waals surface area contributed by atoms with Crippen LogP contribution in [0.15, 0.2) is 0 Å². The maximum absolute atomic E-state index is 14.5. The van der Waals surface area contributed by atoms with Gasteiger partial charge in [-0.3, -0.25) is 4.74 Å². The van der Waals surface area contributed by atoms with Gasteiger partial charge in [-0.1, -0.05) is 6.92 Å². The fourth-order valence-corrected chi connectivity index (χ4v) is 2.29. The highest BCUT2D eigenvalue weighted by atomic mass is 19.4. The second kappa shape index (κ2) is 8.69. The van der Waals surface area contributed by atoms with Crippen molar-refractivity contribution in [2.75, 3.05) is 6.61 Å². The average molecular weight is 502 g/mol. The SMILES string of the molecule is CC(C(C)(C)OC(F)(F)C(F)(F)C(C)(C)OC(F)(F)F)C(F)(F)OC(C)(C)C(F)(F)CO. The zero-order chi connectivity index (χ0) is 26.4. The van der Waals surface area contributed by atoms with E-state index in [1.807, 2.05) is 0 Å². The summed E-state index contributed by atoms with van der Waals surface area (Å²) < 4.78 is 161. The predicted octanol–water partition coefficient (Wildman–Crippen LogP) is 5.98. The normalized spacial score (nSPS) is 17.0. The van der Waals surface area contributed by atoms with Gasteiger partial charge < -0.3 is 14.6 Å². The molecule has 1 unspecified atom stereocenters. The fourth-order valence-electron chi connectivity index (χ4n) is 2.29. The average Bonchev–Trinajstić information content (AvgIpc) is 2.49. The molecule has 0 aliphatic rings. The first-order valence-corrected chi connectivity index (χ1v) is 8.88. The molecule has 1 N–H and O–H groups in total. The second-order valence-corrected chi connectivity index (χ2v) is 8.61. The molecule has 0 aromatic carbocycles. The van der Waals surface area contributed by atoms with Gasteiger partial charge in [0.05, 0.1) is 11.5 Å². The van der Waals surface area contributed by atoms with Gasteiger partial charge in [-0.2, -0.15) is 26.3 Å². The molecule has 0 amide bonds. The molecular formula is C17H25F11O4. The lowest BCUT2D eigenvalue weighted by molar-refractivity contribution is -0.458. The predicted molar refractivity (Wildman–Crippen MR) is 87.6 cm³/mol. The number of aliphatic hydroxyl groups excluding tert-OH is 1. The lowest BCUT2D eigenvalue weighted by Crippen LogP contribution is -2.63. The summed E-state index contributed by atoms with van der Waals surface area (Å²) >= 11 is 0. The number of hydrogen-bond donors (Lipinski definition) is 1. The third-order valence-corrected chi connectivity index (χ3v) is 4.90. The third-order valence-electron chi connectivity index (χ3n) is 4.90. The number of rotatable bonds is 11. The first kappa shape index (κ1) is 31.1. The molecule has 0 radical (unpaired) electrons.